The molecule has 1 atom stereocenters. The molecule has 25 heavy (non-hydrogen) atoms. The Hall–Kier alpha value is -2.58. The van der Waals surface area contributed by atoms with Gasteiger partial charge in [-0.2, -0.15) is 0 Å². The third-order valence-electron chi connectivity index (χ3n) is 4.28. The van der Waals surface area contributed by atoms with Crippen LogP contribution in [0.5, 0.6) is 5.75 Å². The van der Waals surface area contributed by atoms with Crippen LogP contribution in [0.15, 0.2) is 78.9 Å². The minimum atomic E-state index is -2.28. The SMILES string of the molecule is [2H]C([2H])(O)C[C@H](c1ccccc1)c1cc(C)ccc1OCc1ccccc1. The molecule has 2 heteroatoms. The first-order chi connectivity index (χ1) is 12.9. The zero-order chi connectivity index (χ0) is 19.3. The summed E-state index contributed by atoms with van der Waals surface area (Å²) >= 11 is 0. The summed E-state index contributed by atoms with van der Waals surface area (Å²) < 4.78 is 21.5. The predicted molar refractivity (Wildman–Crippen MR) is 102 cm³/mol. The van der Waals surface area contributed by atoms with E-state index in [0.29, 0.717) is 12.4 Å². The molecule has 3 aromatic rings. The molecule has 3 rings (SSSR count). The molecule has 0 aromatic heterocycles. The highest BCUT2D eigenvalue weighted by Crippen LogP contribution is 2.35. The second-order valence-electron chi connectivity index (χ2n) is 6.14. The number of aryl methyl sites for hydroxylation is 1. The molecule has 0 unspecified atom stereocenters. The van der Waals surface area contributed by atoms with Gasteiger partial charge < -0.3 is 9.84 Å². The van der Waals surface area contributed by atoms with Gasteiger partial charge in [-0.1, -0.05) is 78.4 Å². The number of hydrogen-bond donors (Lipinski definition) is 1. The Bertz CT molecular complexity index is 859. The van der Waals surface area contributed by atoms with Crippen molar-refractivity contribution in [2.45, 2.75) is 25.9 Å². The molecule has 0 radical (unpaired) electrons. The molecule has 1 N–H and O–H groups in total. The van der Waals surface area contributed by atoms with Crippen molar-refractivity contribution in [1.29, 1.82) is 0 Å². The Morgan fingerprint density at radius 2 is 1.64 bits per heavy atom. The molecule has 0 bridgehead atoms. The van der Waals surface area contributed by atoms with Gasteiger partial charge in [0, 0.05) is 18.0 Å². The minimum absolute atomic E-state index is 0.0395. The molecule has 0 aliphatic carbocycles. The molecule has 0 saturated heterocycles. The molecular formula is C23H24O2. The van der Waals surface area contributed by atoms with E-state index >= 15 is 0 Å². The van der Waals surface area contributed by atoms with Crippen LogP contribution in [0.3, 0.4) is 0 Å². The number of hydrogen-bond acceptors (Lipinski definition) is 2. The van der Waals surface area contributed by atoms with E-state index < -0.39 is 6.56 Å². The van der Waals surface area contributed by atoms with Gasteiger partial charge in [-0.25, -0.2) is 0 Å². The largest absolute Gasteiger partial charge is 0.489 e. The van der Waals surface area contributed by atoms with Crippen LogP contribution in [0.4, 0.5) is 0 Å². The lowest BCUT2D eigenvalue weighted by Gasteiger charge is -2.21. The van der Waals surface area contributed by atoms with Crippen LogP contribution in [0.1, 0.15) is 37.3 Å². The molecule has 0 amide bonds. The highest BCUT2D eigenvalue weighted by atomic mass is 16.5. The van der Waals surface area contributed by atoms with Crippen LogP contribution in [0.25, 0.3) is 0 Å². The van der Waals surface area contributed by atoms with E-state index in [4.69, 9.17) is 7.48 Å². The number of rotatable bonds is 7. The second-order valence-corrected chi connectivity index (χ2v) is 6.14. The highest BCUT2D eigenvalue weighted by Gasteiger charge is 2.18. The van der Waals surface area contributed by atoms with Crippen LogP contribution >= 0.6 is 0 Å². The fourth-order valence-corrected chi connectivity index (χ4v) is 2.99. The first-order valence-corrected chi connectivity index (χ1v) is 8.47. The fraction of sp³-hybridized carbons (Fsp3) is 0.217. The van der Waals surface area contributed by atoms with Crippen LogP contribution in [-0.4, -0.2) is 11.7 Å². The van der Waals surface area contributed by atoms with Crippen molar-refractivity contribution in [1.82, 2.24) is 0 Å². The van der Waals surface area contributed by atoms with E-state index in [1.165, 1.54) is 0 Å². The number of benzene rings is 3. The highest BCUT2D eigenvalue weighted by molar-refractivity contribution is 5.44. The van der Waals surface area contributed by atoms with Crippen molar-refractivity contribution < 1.29 is 12.6 Å². The predicted octanol–water partition coefficient (Wildman–Crippen LogP) is 5.09. The molecule has 0 saturated carbocycles. The Kier molecular flexibility index (Phi) is 5.01. The average Bonchev–Trinajstić information content (AvgIpc) is 2.66. The monoisotopic (exact) mass is 334 g/mol. The van der Waals surface area contributed by atoms with E-state index in [-0.39, 0.29) is 12.3 Å². The molecule has 0 spiro atoms. The standard InChI is InChI=1S/C23H24O2/c1-18-12-13-23(25-17-19-8-4-2-5-9-19)22(16-18)21(14-15-24)20-10-6-3-7-11-20/h2-13,16,21,24H,14-15,17H2,1H3/t21-/m1/s1/i15D2. The van der Waals surface area contributed by atoms with Gasteiger partial charge in [-0.05, 0) is 30.5 Å². The lowest BCUT2D eigenvalue weighted by Crippen LogP contribution is -2.07. The van der Waals surface area contributed by atoms with E-state index in [9.17, 15) is 5.11 Å². The Balaban J connectivity index is 1.96. The summed E-state index contributed by atoms with van der Waals surface area (Å²) in [5, 5.41) is 9.87. The maximum absolute atomic E-state index is 9.87. The van der Waals surface area contributed by atoms with Crippen molar-refractivity contribution in [3.05, 3.63) is 101 Å². The molecule has 0 fully saturated rings. The van der Waals surface area contributed by atoms with E-state index in [0.717, 1.165) is 22.3 Å². The first-order valence-electron chi connectivity index (χ1n) is 9.47. The van der Waals surface area contributed by atoms with Crippen molar-refractivity contribution >= 4 is 0 Å². The number of ether oxygens (including phenoxy) is 1. The summed E-state index contributed by atoms with van der Waals surface area (Å²) in [7, 11) is 0. The van der Waals surface area contributed by atoms with E-state index in [1.54, 1.807) is 0 Å². The Morgan fingerprint density at radius 3 is 2.32 bits per heavy atom. The van der Waals surface area contributed by atoms with Crippen LogP contribution < -0.4 is 4.74 Å². The second kappa shape index (κ2) is 8.50. The van der Waals surface area contributed by atoms with Gasteiger partial charge in [0.15, 0.2) is 0 Å². The molecule has 0 heterocycles. The summed E-state index contributed by atoms with van der Waals surface area (Å²) in [6.45, 7) is 0.158. The first kappa shape index (κ1) is 14.7. The Labute approximate surface area is 152 Å². The quantitative estimate of drug-likeness (QED) is 0.652. The molecule has 2 nitrogen and oxygen atoms in total. The van der Waals surface area contributed by atoms with Crippen molar-refractivity contribution in [2.24, 2.45) is 0 Å². The third kappa shape index (κ3) is 4.49. The van der Waals surface area contributed by atoms with Gasteiger partial charge in [0.2, 0.25) is 0 Å². The fourth-order valence-electron chi connectivity index (χ4n) is 2.99. The number of aliphatic hydroxyl groups is 1. The molecule has 0 aliphatic rings. The maximum Gasteiger partial charge on any atom is 0.123 e. The molecule has 0 aliphatic heterocycles. The lowest BCUT2D eigenvalue weighted by molar-refractivity contribution is 0.276. The average molecular weight is 334 g/mol. The van der Waals surface area contributed by atoms with Gasteiger partial charge in [-0.15, -0.1) is 0 Å². The van der Waals surface area contributed by atoms with Gasteiger partial charge in [0.25, 0.3) is 0 Å². The van der Waals surface area contributed by atoms with Crippen LogP contribution in [0, 0.1) is 6.92 Å². The summed E-state index contributed by atoms with van der Waals surface area (Å²) in [6, 6.07) is 25.6. The van der Waals surface area contributed by atoms with E-state index in [1.807, 2.05) is 85.8 Å². The summed E-state index contributed by atoms with van der Waals surface area (Å²) in [4.78, 5) is 0. The van der Waals surface area contributed by atoms with Gasteiger partial charge in [0.05, 0.1) is 2.74 Å². The zero-order valence-corrected chi connectivity index (χ0v) is 14.4. The van der Waals surface area contributed by atoms with Crippen LogP contribution in [-0.2, 0) is 6.61 Å². The van der Waals surface area contributed by atoms with Gasteiger partial charge in [0.1, 0.15) is 12.4 Å². The van der Waals surface area contributed by atoms with Gasteiger partial charge in [-0.3, -0.25) is 0 Å². The maximum atomic E-state index is 9.87. The lowest BCUT2D eigenvalue weighted by atomic mass is 9.87. The topological polar surface area (TPSA) is 29.5 Å². The van der Waals surface area contributed by atoms with Crippen LogP contribution in [0.2, 0.25) is 0 Å². The zero-order valence-electron chi connectivity index (χ0n) is 16.4. The van der Waals surface area contributed by atoms with Crippen molar-refractivity contribution in [2.75, 3.05) is 6.56 Å². The normalized spacial score (nSPS) is 13.7. The third-order valence-corrected chi connectivity index (χ3v) is 4.28. The van der Waals surface area contributed by atoms with E-state index in [2.05, 4.69) is 0 Å². The summed E-state index contributed by atoms with van der Waals surface area (Å²) in [5.41, 5.74) is 3.97. The minimum Gasteiger partial charge on any atom is -0.489 e. The molecular weight excluding hydrogens is 308 g/mol. The molecule has 3 aromatic carbocycles. The Morgan fingerprint density at radius 1 is 0.960 bits per heavy atom. The molecule has 128 valence electrons. The van der Waals surface area contributed by atoms with Gasteiger partial charge >= 0.3 is 0 Å². The summed E-state index contributed by atoms with van der Waals surface area (Å²) in [6.07, 6.45) is -0.0395. The van der Waals surface area contributed by atoms with Crippen molar-refractivity contribution in [3.8, 4) is 5.75 Å². The smallest absolute Gasteiger partial charge is 0.123 e. The van der Waals surface area contributed by atoms with Crippen molar-refractivity contribution in [3.63, 3.8) is 0 Å². The summed E-state index contributed by atoms with van der Waals surface area (Å²) in [5.74, 6) is 0.402.